The van der Waals surface area contributed by atoms with Gasteiger partial charge in [0.2, 0.25) is 0 Å². The molecule has 0 saturated carbocycles. The Labute approximate surface area is 161 Å². The van der Waals surface area contributed by atoms with E-state index in [-0.39, 0.29) is 32.6 Å². The van der Waals surface area contributed by atoms with Gasteiger partial charge in [0.15, 0.2) is 0 Å². The molecule has 3 atom stereocenters. The molecule has 0 amide bonds. The molecule has 158 valence electrons. The fraction of sp³-hybridized carbons (Fsp3) is 0.765. The van der Waals surface area contributed by atoms with Crippen LogP contribution in [0.3, 0.4) is 0 Å². The van der Waals surface area contributed by atoms with Gasteiger partial charge in [0, 0.05) is 32.6 Å². The number of carbonyl (C=O) groups is 4. The monoisotopic (exact) mass is 402 g/mol. The van der Waals surface area contributed by atoms with E-state index in [2.05, 4.69) is 0 Å². The minimum Gasteiger partial charge on any atom is -0.481 e. The second-order valence-electron chi connectivity index (χ2n) is 7.56. The Kier molecular flexibility index (Phi) is 6.31. The third-order valence-corrected chi connectivity index (χ3v) is 5.66. The van der Waals surface area contributed by atoms with Crippen LogP contribution in [0.1, 0.15) is 12.8 Å². The van der Waals surface area contributed by atoms with Crippen LogP contribution in [0.5, 0.6) is 0 Å². The van der Waals surface area contributed by atoms with E-state index in [4.69, 9.17) is 14.6 Å². The van der Waals surface area contributed by atoms with Crippen molar-refractivity contribution in [2.24, 2.45) is 10.8 Å². The summed E-state index contributed by atoms with van der Waals surface area (Å²) in [6, 6.07) is -1.25. The van der Waals surface area contributed by atoms with Crippen LogP contribution in [-0.2, 0) is 28.7 Å². The molecule has 3 unspecified atom stereocenters. The van der Waals surface area contributed by atoms with Gasteiger partial charge < -0.3 is 29.7 Å². The number of aliphatic carboxylic acids is 2. The third kappa shape index (κ3) is 3.56. The van der Waals surface area contributed by atoms with Gasteiger partial charge in [-0.25, -0.2) is 0 Å². The molecule has 2 bridgehead atoms. The second kappa shape index (κ2) is 8.02. The molecule has 0 aromatic carbocycles. The summed E-state index contributed by atoms with van der Waals surface area (Å²) in [5.41, 5.74) is -3.16. The van der Waals surface area contributed by atoms with Crippen molar-refractivity contribution in [2.75, 3.05) is 47.4 Å². The van der Waals surface area contributed by atoms with Gasteiger partial charge in [0.05, 0.1) is 20.3 Å². The number of carboxylic acids is 2. The SMILES string of the molecule is COC(=O)C12CN(C)CC(C(=O)OC)(CN(C(CCC(=O)O)C(=O)O)C1)C2O. The molecule has 2 aliphatic heterocycles. The standard InChI is InChI=1S/C17H26N2O9/c1-18-6-16(14(25)27-2)8-19(10(12(22)23)4-5-11(20)21)9-17(7-18,13(16)24)15(26)28-3/h10,13,24H,4-9H2,1-3H3,(H,20,21)(H,22,23). The molecule has 0 aliphatic carbocycles. The number of rotatable bonds is 7. The number of carboxylic acid groups (broad SMARTS) is 2. The third-order valence-electron chi connectivity index (χ3n) is 5.66. The molecule has 11 nitrogen and oxygen atoms in total. The lowest BCUT2D eigenvalue weighted by Crippen LogP contribution is -2.77. The molecule has 11 heteroatoms. The molecule has 2 aliphatic rings. The van der Waals surface area contributed by atoms with Crippen LogP contribution in [0.25, 0.3) is 0 Å². The van der Waals surface area contributed by atoms with Gasteiger partial charge in [0.1, 0.15) is 16.9 Å². The number of hydrogen-bond donors (Lipinski definition) is 3. The number of likely N-dealkylation sites (tertiary alicyclic amines) is 2. The molecule has 2 rings (SSSR count). The number of carbonyl (C=O) groups excluding carboxylic acids is 2. The van der Waals surface area contributed by atoms with Crippen molar-refractivity contribution in [1.82, 2.24) is 9.80 Å². The zero-order chi connectivity index (χ0) is 21.3. The van der Waals surface area contributed by atoms with Gasteiger partial charge in [-0.15, -0.1) is 0 Å². The number of piperidine rings is 2. The maximum Gasteiger partial charge on any atom is 0.320 e. The lowest BCUT2D eigenvalue weighted by molar-refractivity contribution is -0.221. The highest BCUT2D eigenvalue weighted by Gasteiger charge is 2.67. The van der Waals surface area contributed by atoms with Crippen molar-refractivity contribution < 1.29 is 44.0 Å². The summed E-state index contributed by atoms with van der Waals surface area (Å²) in [5, 5.41) is 29.6. The van der Waals surface area contributed by atoms with E-state index >= 15 is 0 Å². The van der Waals surface area contributed by atoms with Crippen LogP contribution in [0, 0.1) is 10.8 Å². The average molecular weight is 402 g/mol. The fourth-order valence-corrected chi connectivity index (χ4v) is 4.61. The summed E-state index contributed by atoms with van der Waals surface area (Å²) in [7, 11) is 3.97. The summed E-state index contributed by atoms with van der Waals surface area (Å²) < 4.78 is 9.77. The Balaban J connectivity index is 2.54. The number of esters is 2. The van der Waals surface area contributed by atoms with E-state index in [9.17, 15) is 29.4 Å². The minimum absolute atomic E-state index is 0.0430. The number of aliphatic hydroxyl groups is 1. The van der Waals surface area contributed by atoms with E-state index in [0.29, 0.717) is 0 Å². The molecule has 2 saturated heterocycles. The number of methoxy groups -OCH3 is 2. The van der Waals surface area contributed by atoms with Crippen LogP contribution < -0.4 is 0 Å². The largest absolute Gasteiger partial charge is 0.481 e. The quantitative estimate of drug-likeness (QED) is 0.415. The van der Waals surface area contributed by atoms with Crippen molar-refractivity contribution in [3.63, 3.8) is 0 Å². The van der Waals surface area contributed by atoms with E-state index in [1.54, 1.807) is 11.9 Å². The summed E-state index contributed by atoms with van der Waals surface area (Å²) in [5.74, 6) is -3.98. The smallest absolute Gasteiger partial charge is 0.320 e. The Bertz CT molecular complexity index is 633. The van der Waals surface area contributed by atoms with Crippen LogP contribution in [0.15, 0.2) is 0 Å². The highest BCUT2D eigenvalue weighted by atomic mass is 16.5. The van der Waals surface area contributed by atoms with E-state index < -0.39 is 53.3 Å². The van der Waals surface area contributed by atoms with Crippen LogP contribution in [0.2, 0.25) is 0 Å². The van der Waals surface area contributed by atoms with E-state index in [0.717, 1.165) is 14.2 Å². The van der Waals surface area contributed by atoms with Crippen molar-refractivity contribution in [1.29, 1.82) is 0 Å². The highest BCUT2D eigenvalue weighted by Crippen LogP contribution is 2.48. The number of nitrogens with zero attached hydrogens (tertiary/aromatic N) is 2. The Morgan fingerprint density at radius 3 is 1.82 bits per heavy atom. The van der Waals surface area contributed by atoms with Crippen molar-refractivity contribution >= 4 is 23.9 Å². The Morgan fingerprint density at radius 1 is 1.00 bits per heavy atom. The topological polar surface area (TPSA) is 154 Å². The molecule has 3 N–H and O–H groups in total. The van der Waals surface area contributed by atoms with Crippen molar-refractivity contribution in [3.05, 3.63) is 0 Å². The summed E-state index contributed by atoms with van der Waals surface area (Å²) in [6.07, 6.45) is -2.06. The van der Waals surface area contributed by atoms with Gasteiger partial charge >= 0.3 is 23.9 Å². The molecule has 2 heterocycles. The van der Waals surface area contributed by atoms with E-state index in [1.165, 1.54) is 4.90 Å². The summed E-state index contributed by atoms with van der Waals surface area (Å²) in [6.45, 7) is -0.302. The number of ether oxygens (including phenoxy) is 2. The molecule has 0 spiro atoms. The molecule has 2 fully saturated rings. The summed E-state index contributed by atoms with van der Waals surface area (Å²) >= 11 is 0. The molecular weight excluding hydrogens is 376 g/mol. The van der Waals surface area contributed by atoms with Gasteiger partial charge in [-0.1, -0.05) is 0 Å². The summed E-state index contributed by atoms with van der Waals surface area (Å²) in [4.78, 5) is 51.2. The molecule has 0 aromatic heterocycles. The van der Waals surface area contributed by atoms with Crippen LogP contribution in [0.4, 0.5) is 0 Å². The number of hydrogen-bond acceptors (Lipinski definition) is 9. The van der Waals surface area contributed by atoms with E-state index in [1.807, 2.05) is 0 Å². The van der Waals surface area contributed by atoms with Crippen LogP contribution in [-0.4, -0.2) is 109 Å². The van der Waals surface area contributed by atoms with Gasteiger partial charge in [0.25, 0.3) is 0 Å². The first-order valence-corrected chi connectivity index (χ1v) is 8.76. The van der Waals surface area contributed by atoms with Crippen molar-refractivity contribution in [3.8, 4) is 0 Å². The van der Waals surface area contributed by atoms with Gasteiger partial charge in [-0.05, 0) is 13.5 Å². The molecule has 28 heavy (non-hydrogen) atoms. The molecule has 0 aromatic rings. The highest BCUT2D eigenvalue weighted by molar-refractivity contribution is 5.85. The normalized spacial score (nSPS) is 31.6. The number of aliphatic hydroxyl groups excluding tert-OH is 1. The van der Waals surface area contributed by atoms with Gasteiger partial charge in [-0.3, -0.25) is 24.1 Å². The zero-order valence-corrected chi connectivity index (χ0v) is 16.1. The second-order valence-corrected chi connectivity index (χ2v) is 7.56. The number of fused-ring (bicyclic) bond motifs is 2. The zero-order valence-electron chi connectivity index (χ0n) is 16.1. The Morgan fingerprint density at radius 2 is 1.46 bits per heavy atom. The van der Waals surface area contributed by atoms with Crippen LogP contribution >= 0.6 is 0 Å². The predicted molar refractivity (Wildman–Crippen MR) is 92.3 cm³/mol. The fourth-order valence-electron chi connectivity index (χ4n) is 4.61. The maximum absolute atomic E-state index is 12.7. The Hall–Kier alpha value is -2.24. The maximum atomic E-state index is 12.7. The predicted octanol–water partition coefficient (Wildman–Crippen LogP) is -1.75. The molecular formula is C17H26N2O9. The first kappa shape index (κ1) is 22.1. The van der Waals surface area contributed by atoms with Gasteiger partial charge in [-0.2, -0.15) is 0 Å². The minimum atomic E-state index is -1.58. The van der Waals surface area contributed by atoms with Crippen molar-refractivity contribution in [2.45, 2.75) is 25.0 Å². The first-order valence-electron chi connectivity index (χ1n) is 8.76. The first-order chi connectivity index (χ1) is 13.0. The lowest BCUT2D eigenvalue weighted by Gasteiger charge is -2.58. The average Bonchev–Trinajstić information content (AvgIpc) is 2.61. The molecule has 0 radical (unpaired) electrons. The lowest BCUT2D eigenvalue weighted by atomic mass is 9.60.